The number of carbonyl (C=O) groups is 2. The van der Waals surface area contributed by atoms with Gasteiger partial charge in [-0.05, 0) is 62.2 Å². The molecule has 0 atom stereocenters. The predicted octanol–water partition coefficient (Wildman–Crippen LogP) is 4.69. The number of benzene rings is 2. The third-order valence-corrected chi connectivity index (χ3v) is 6.67. The Hall–Kier alpha value is -4.40. The lowest BCUT2D eigenvalue weighted by Crippen LogP contribution is -2.42. The van der Waals surface area contributed by atoms with Gasteiger partial charge in [-0.25, -0.2) is 14.8 Å². The lowest BCUT2D eigenvalue weighted by Gasteiger charge is -2.30. The molecular weight excluding hydrogens is 456 g/mol. The number of hydrogen-bond acceptors (Lipinski definition) is 7. The van der Waals surface area contributed by atoms with E-state index in [1.807, 2.05) is 42.5 Å². The number of aromatic nitrogens is 4. The van der Waals surface area contributed by atoms with Gasteiger partial charge in [-0.1, -0.05) is 0 Å². The highest BCUT2D eigenvalue weighted by Crippen LogP contribution is 2.32. The first-order chi connectivity index (χ1) is 17.6. The Bertz CT molecular complexity index is 1650. The van der Waals surface area contributed by atoms with Gasteiger partial charge >= 0.3 is 12.0 Å². The number of nitrogens with zero attached hydrogens (tertiary/aromatic N) is 5. The van der Waals surface area contributed by atoms with Crippen molar-refractivity contribution in [3.63, 3.8) is 0 Å². The molecule has 0 aliphatic carbocycles. The van der Waals surface area contributed by atoms with Crippen LogP contribution in [0.1, 0.15) is 19.8 Å². The molecule has 0 spiro atoms. The third kappa shape index (κ3) is 3.82. The average Bonchev–Trinajstić information content (AvgIpc) is 2.92. The SMILES string of the molecule is CCOC(=O)C1CCN(C(=O)Nc2ccc3nc4c5cccnc5c5ncccc5c4nc3c2)CC1. The summed E-state index contributed by atoms with van der Waals surface area (Å²) in [6.45, 7) is 3.19. The van der Waals surface area contributed by atoms with Crippen molar-refractivity contribution in [3.05, 3.63) is 54.9 Å². The molecule has 3 aromatic heterocycles. The second-order valence-electron chi connectivity index (χ2n) is 8.87. The van der Waals surface area contributed by atoms with Crippen LogP contribution in [-0.2, 0) is 9.53 Å². The maximum Gasteiger partial charge on any atom is 0.321 e. The Kier molecular flexibility index (Phi) is 5.52. The number of carbonyl (C=O) groups excluding carboxylic acids is 2. The van der Waals surface area contributed by atoms with Crippen LogP contribution in [0, 0.1) is 5.92 Å². The molecule has 0 saturated carbocycles. The summed E-state index contributed by atoms with van der Waals surface area (Å²) >= 11 is 0. The van der Waals surface area contributed by atoms with Gasteiger partial charge in [0.1, 0.15) is 0 Å². The van der Waals surface area contributed by atoms with Crippen LogP contribution in [0.4, 0.5) is 10.5 Å². The van der Waals surface area contributed by atoms with Crippen LogP contribution >= 0.6 is 0 Å². The quantitative estimate of drug-likeness (QED) is 0.227. The van der Waals surface area contributed by atoms with E-state index in [-0.39, 0.29) is 17.9 Å². The third-order valence-electron chi connectivity index (χ3n) is 6.67. The summed E-state index contributed by atoms with van der Waals surface area (Å²) in [7, 11) is 0. The first kappa shape index (κ1) is 22.1. The number of esters is 1. The van der Waals surface area contributed by atoms with E-state index in [1.54, 1.807) is 24.2 Å². The molecule has 1 aliphatic heterocycles. The highest BCUT2D eigenvalue weighted by molar-refractivity contribution is 6.21. The summed E-state index contributed by atoms with van der Waals surface area (Å²) in [4.78, 5) is 45.5. The molecule has 1 aliphatic rings. The summed E-state index contributed by atoms with van der Waals surface area (Å²) in [5.74, 6) is -0.321. The van der Waals surface area contributed by atoms with Gasteiger partial charge in [-0.2, -0.15) is 0 Å². The molecule has 1 saturated heterocycles. The Morgan fingerprint density at radius 3 is 2.19 bits per heavy atom. The number of amides is 2. The molecule has 36 heavy (non-hydrogen) atoms. The summed E-state index contributed by atoms with van der Waals surface area (Å²) < 4.78 is 5.12. The Morgan fingerprint density at radius 2 is 1.56 bits per heavy atom. The van der Waals surface area contributed by atoms with Crippen molar-refractivity contribution in [1.29, 1.82) is 0 Å². The van der Waals surface area contributed by atoms with Crippen molar-refractivity contribution < 1.29 is 14.3 Å². The average molecular weight is 481 g/mol. The minimum Gasteiger partial charge on any atom is -0.466 e. The molecule has 1 fully saturated rings. The van der Waals surface area contributed by atoms with E-state index in [2.05, 4.69) is 15.3 Å². The van der Waals surface area contributed by atoms with Crippen LogP contribution in [-0.4, -0.2) is 56.5 Å². The molecule has 9 heteroatoms. The van der Waals surface area contributed by atoms with Gasteiger partial charge in [0.25, 0.3) is 0 Å². The van der Waals surface area contributed by atoms with Crippen molar-refractivity contribution in [3.8, 4) is 0 Å². The Labute approximate surface area is 206 Å². The smallest absolute Gasteiger partial charge is 0.321 e. The lowest BCUT2D eigenvalue weighted by molar-refractivity contribution is -0.149. The van der Waals surface area contributed by atoms with Crippen LogP contribution in [0.15, 0.2) is 54.9 Å². The summed E-state index contributed by atoms with van der Waals surface area (Å²) in [6.07, 6.45) is 4.71. The van der Waals surface area contributed by atoms with Crippen LogP contribution in [0.25, 0.3) is 43.9 Å². The van der Waals surface area contributed by atoms with E-state index in [9.17, 15) is 9.59 Å². The fourth-order valence-electron chi connectivity index (χ4n) is 4.86. The van der Waals surface area contributed by atoms with Crippen molar-refractivity contribution in [2.24, 2.45) is 5.92 Å². The van der Waals surface area contributed by atoms with Gasteiger partial charge in [-0.3, -0.25) is 14.8 Å². The number of piperidine rings is 1. The number of anilines is 1. The van der Waals surface area contributed by atoms with E-state index in [4.69, 9.17) is 14.7 Å². The number of likely N-dealkylation sites (tertiary alicyclic amines) is 1. The maximum atomic E-state index is 12.9. The molecule has 9 nitrogen and oxygen atoms in total. The zero-order chi connectivity index (χ0) is 24.6. The number of rotatable bonds is 3. The fourth-order valence-corrected chi connectivity index (χ4v) is 4.86. The zero-order valence-corrected chi connectivity index (χ0v) is 19.8. The van der Waals surface area contributed by atoms with E-state index in [0.717, 1.165) is 38.4 Å². The summed E-state index contributed by atoms with van der Waals surface area (Å²) in [5.41, 5.74) is 5.13. The molecule has 0 bridgehead atoms. The van der Waals surface area contributed by atoms with Gasteiger partial charge in [0.2, 0.25) is 0 Å². The van der Waals surface area contributed by atoms with Gasteiger partial charge in [0.15, 0.2) is 0 Å². The summed E-state index contributed by atoms with van der Waals surface area (Å²) in [6, 6.07) is 13.1. The molecule has 6 rings (SSSR count). The molecular formula is C27H24N6O3. The minimum atomic E-state index is -0.197. The Balaban J connectivity index is 1.31. The second kappa shape index (κ2) is 8.99. The Morgan fingerprint density at radius 1 is 0.917 bits per heavy atom. The monoisotopic (exact) mass is 480 g/mol. The molecule has 2 aromatic carbocycles. The largest absolute Gasteiger partial charge is 0.466 e. The maximum absolute atomic E-state index is 12.9. The van der Waals surface area contributed by atoms with Gasteiger partial charge in [0.05, 0.1) is 45.6 Å². The van der Waals surface area contributed by atoms with E-state index in [1.165, 1.54) is 0 Å². The van der Waals surface area contributed by atoms with Crippen LogP contribution in [0.2, 0.25) is 0 Å². The van der Waals surface area contributed by atoms with Crippen LogP contribution in [0.3, 0.4) is 0 Å². The highest BCUT2D eigenvalue weighted by atomic mass is 16.5. The molecule has 4 heterocycles. The van der Waals surface area contributed by atoms with Crippen molar-refractivity contribution >= 4 is 61.6 Å². The van der Waals surface area contributed by atoms with E-state index < -0.39 is 0 Å². The van der Waals surface area contributed by atoms with E-state index in [0.29, 0.717) is 43.7 Å². The molecule has 0 unspecified atom stereocenters. The topological polar surface area (TPSA) is 110 Å². The van der Waals surface area contributed by atoms with Gasteiger partial charge in [-0.15, -0.1) is 0 Å². The van der Waals surface area contributed by atoms with Crippen molar-refractivity contribution in [2.75, 3.05) is 25.0 Å². The predicted molar refractivity (Wildman–Crippen MR) is 138 cm³/mol. The molecule has 2 amide bonds. The van der Waals surface area contributed by atoms with Crippen molar-refractivity contribution in [2.45, 2.75) is 19.8 Å². The first-order valence-corrected chi connectivity index (χ1v) is 12.1. The highest BCUT2D eigenvalue weighted by Gasteiger charge is 2.28. The molecule has 1 N–H and O–H groups in total. The normalized spacial score (nSPS) is 14.5. The zero-order valence-electron chi connectivity index (χ0n) is 19.8. The minimum absolute atomic E-state index is 0.145. The molecule has 180 valence electrons. The summed E-state index contributed by atoms with van der Waals surface area (Å²) in [5, 5.41) is 4.75. The van der Waals surface area contributed by atoms with Crippen LogP contribution in [0.5, 0.6) is 0 Å². The standard InChI is InChI=1S/C27H24N6O3/c1-2-36-26(34)16-9-13-33(14-10-16)27(35)30-17-7-8-20-21(15-17)32-25-19-6-4-12-29-23(19)22-18(24(25)31-20)5-3-11-28-22/h3-8,11-12,15-16H,2,9-10,13-14H2,1H3,(H,30,35). The second-order valence-corrected chi connectivity index (χ2v) is 8.87. The number of ether oxygens (including phenoxy) is 1. The number of hydrogen-bond donors (Lipinski definition) is 1. The van der Waals surface area contributed by atoms with E-state index >= 15 is 0 Å². The van der Waals surface area contributed by atoms with Crippen molar-refractivity contribution in [1.82, 2.24) is 24.8 Å². The van der Waals surface area contributed by atoms with Gasteiger partial charge in [0, 0.05) is 41.9 Å². The number of urea groups is 1. The van der Waals surface area contributed by atoms with Gasteiger partial charge < -0.3 is 15.0 Å². The number of nitrogens with one attached hydrogen (secondary N) is 1. The van der Waals surface area contributed by atoms with Crippen LogP contribution < -0.4 is 5.32 Å². The molecule has 0 radical (unpaired) electrons. The number of fused-ring (bicyclic) bond motifs is 7. The molecule has 5 aromatic rings. The fraction of sp³-hybridized carbons (Fsp3) is 0.259. The lowest BCUT2D eigenvalue weighted by atomic mass is 9.97. The first-order valence-electron chi connectivity index (χ1n) is 12.1. The number of pyridine rings is 2.